The fourth-order valence-corrected chi connectivity index (χ4v) is 4.03. The van der Waals surface area contributed by atoms with Gasteiger partial charge in [0, 0.05) is 24.5 Å². The fourth-order valence-electron chi connectivity index (χ4n) is 3.23. The summed E-state index contributed by atoms with van der Waals surface area (Å²) in [7, 11) is 0. The van der Waals surface area contributed by atoms with Crippen LogP contribution in [-0.4, -0.2) is 32.8 Å². The molecule has 0 aliphatic carbocycles. The van der Waals surface area contributed by atoms with E-state index in [0.29, 0.717) is 12.3 Å². The van der Waals surface area contributed by atoms with Crippen LogP contribution >= 0.6 is 11.8 Å². The lowest BCUT2D eigenvalue weighted by molar-refractivity contribution is -0.118. The number of aryl methyl sites for hydroxylation is 2. The SMILES string of the molecule is Cc1ccc(-c2cc3c(SCC(=O)NCCc4ccccc4)nccn3n2)cc1C. The van der Waals surface area contributed by atoms with Crippen LogP contribution in [0, 0.1) is 13.8 Å². The number of rotatable bonds is 7. The van der Waals surface area contributed by atoms with Crippen molar-refractivity contribution in [2.24, 2.45) is 0 Å². The first kappa shape index (κ1) is 20.2. The number of hydrogen-bond donors (Lipinski definition) is 1. The molecule has 0 unspecified atom stereocenters. The lowest BCUT2D eigenvalue weighted by Crippen LogP contribution is -2.27. The molecule has 0 aliphatic heterocycles. The van der Waals surface area contributed by atoms with Crippen LogP contribution in [0.3, 0.4) is 0 Å². The highest BCUT2D eigenvalue weighted by Crippen LogP contribution is 2.27. The summed E-state index contributed by atoms with van der Waals surface area (Å²) >= 11 is 1.43. The molecule has 0 saturated heterocycles. The van der Waals surface area contributed by atoms with Crippen molar-refractivity contribution in [3.8, 4) is 11.3 Å². The van der Waals surface area contributed by atoms with Gasteiger partial charge in [-0.1, -0.05) is 54.2 Å². The first-order chi connectivity index (χ1) is 14.6. The normalized spacial score (nSPS) is 11.0. The molecule has 2 heterocycles. The van der Waals surface area contributed by atoms with E-state index in [9.17, 15) is 4.79 Å². The van der Waals surface area contributed by atoms with Gasteiger partial charge in [-0.25, -0.2) is 9.50 Å². The smallest absolute Gasteiger partial charge is 0.230 e. The number of carbonyl (C=O) groups is 1. The summed E-state index contributed by atoms with van der Waals surface area (Å²) in [6, 6.07) is 18.5. The summed E-state index contributed by atoms with van der Waals surface area (Å²) in [5.74, 6) is 0.333. The van der Waals surface area contributed by atoms with Crippen molar-refractivity contribution < 1.29 is 4.79 Å². The van der Waals surface area contributed by atoms with E-state index >= 15 is 0 Å². The molecule has 5 nitrogen and oxygen atoms in total. The van der Waals surface area contributed by atoms with Gasteiger partial charge in [0.2, 0.25) is 5.91 Å². The highest BCUT2D eigenvalue weighted by Gasteiger charge is 2.12. The van der Waals surface area contributed by atoms with Gasteiger partial charge in [0.1, 0.15) is 5.03 Å². The average Bonchev–Trinajstić information content (AvgIpc) is 3.20. The molecule has 0 fully saturated rings. The summed E-state index contributed by atoms with van der Waals surface area (Å²) in [6.45, 7) is 4.84. The molecule has 0 bridgehead atoms. The second kappa shape index (κ2) is 9.13. The second-order valence-electron chi connectivity index (χ2n) is 7.27. The van der Waals surface area contributed by atoms with Crippen LogP contribution in [0.5, 0.6) is 0 Å². The molecule has 2 aromatic carbocycles. The third kappa shape index (κ3) is 4.71. The maximum Gasteiger partial charge on any atom is 0.230 e. The number of fused-ring (bicyclic) bond motifs is 1. The standard InChI is InChI=1S/C24H24N4OS/c1-17-8-9-20(14-18(17)2)21-15-22-24(26-12-13-28(22)27-21)30-16-23(29)25-11-10-19-6-4-3-5-7-19/h3-9,12-15H,10-11,16H2,1-2H3,(H,25,29). The van der Waals surface area contributed by atoms with Gasteiger partial charge >= 0.3 is 0 Å². The number of hydrogen-bond acceptors (Lipinski definition) is 4. The second-order valence-corrected chi connectivity index (χ2v) is 8.23. The zero-order valence-corrected chi connectivity index (χ0v) is 17.9. The molecule has 0 atom stereocenters. The first-order valence-corrected chi connectivity index (χ1v) is 10.9. The Morgan fingerprint density at radius 2 is 1.90 bits per heavy atom. The van der Waals surface area contributed by atoms with Crippen molar-refractivity contribution in [3.63, 3.8) is 0 Å². The predicted octanol–water partition coefficient (Wildman–Crippen LogP) is 4.46. The van der Waals surface area contributed by atoms with Crippen molar-refractivity contribution in [1.29, 1.82) is 0 Å². The molecule has 1 N–H and O–H groups in total. The van der Waals surface area contributed by atoms with Crippen molar-refractivity contribution in [2.45, 2.75) is 25.3 Å². The topological polar surface area (TPSA) is 59.3 Å². The van der Waals surface area contributed by atoms with Gasteiger partial charge in [0.25, 0.3) is 0 Å². The lowest BCUT2D eigenvalue weighted by Gasteiger charge is -2.05. The van der Waals surface area contributed by atoms with Gasteiger partial charge < -0.3 is 5.32 Å². The summed E-state index contributed by atoms with van der Waals surface area (Å²) in [6.07, 6.45) is 4.39. The Hall–Kier alpha value is -3.12. The molecule has 0 saturated carbocycles. The Balaban J connectivity index is 1.41. The predicted molar refractivity (Wildman–Crippen MR) is 122 cm³/mol. The largest absolute Gasteiger partial charge is 0.355 e. The maximum absolute atomic E-state index is 12.3. The lowest BCUT2D eigenvalue weighted by atomic mass is 10.0. The molecule has 6 heteroatoms. The van der Waals surface area contributed by atoms with E-state index in [-0.39, 0.29) is 5.91 Å². The van der Waals surface area contributed by atoms with Crippen LogP contribution in [0.15, 0.2) is 72.0 Å². The van der Waals surface area contributed by atoms with E-state index in [4.69, 9.17) is 0 Å². The van der Waals surface area contributed by atoms with Gasteiger partial charge in [-0.3, -0.25) is 4.79 Å². The molecule has 30 heavy (non-hydrogen) atoms. The van der Waals surface area contributed by atoms with Gasteiger partial charge in [0.05, 0.1) is 17.0 Å². The van der Waals surface area contributed by atoms with Crippen molar-refractivity contribution in [2.75, 3.05) is 12.3 Å². The number of aromatic nitrogens is 3. The fraction of sp³-hybridized carbons (Fsp3) is 0.208. The number of thioether (sulfide) groups is 1. The molecular formula is C24H24N4OS. The molecule has 4 aromatic rings. The van der Waals surface area contributed by atoms with Crippen LogP contribution in [0.25, 0.3) is 16.8 Å². The summed E-state index contributed by atoms with van der Waals surface area (Å²) in [4.78, 5) is 16.7. The molecule has 4 rings (SSSR count). The number of carbonyl (C=O) groups excluding carboxylic acids is 1. The van der Waals surface area contributed by atoms with Crippen molar-refractivity contribution >= 4 is 23.2 Å². The van der Waals surface area contributed by atoms with E-state index in [1.807, 2.05) is 35.0 Å². The van der Waals surface area contributed by atoms with E-state index in [2.05, 4.69) is 59.6 Å². The van der Waals surface area contributed by atoms with E-state index < -0.39 is 0 Å². The summed E-state index contributed by atoms with van der Waals surface area (Å²) < 4.78 is 1.83. The van der Waals surface area contributed by atoms with Crippen LogP contribution in [0.2, 0.25) is 0 Å². The Bertz CT molecular complexity index is 1170. The molecule has 0 aliphatic rings. The quantitative estimate of drug-likeness (QED) is 0.452. The van der Waals surface area contributed by atoms with E-state index in [1.165, 1.54) is 28.5 Å². The van der Waals surface area contributed by atoms with Gasteiger partial charge in [-0.05, 0) is 49.1 Å². The molecule has 1 amide bonds. The molecule has 0 radical (unpaired) electrons. The highest BCUT2D eigenvalue weighted by molar-refractivity contribution is 8.00. The number of amides is 1. The Kier molecular flexibility index (Phi) is 6.14. The minimum Gasteiger partial charge on any atom is -0.355 e. The van der Waals surface area contributed by atoms with Gasteiger partial charge in [-0.15, -0.1) is 0 Å². The Morgan fingerprint density at radius 1 is 1.07 bits per heavy atom. The first-order valence-electron chi connectivity index (χ1n) is 9.95. The van der Waals surface area contributed by atoms with Gasteiger partial charge in [0.15, 0.2) is 0 Å². The van der Waals surface area contributed by atoms with Crippen LogP contribution in [0.1, 0.15) is 16.7 Å². The van der Waals surface area contributed by atoms with Crippen LogP contribution in [0.4, 0.5) is 0 Å². The third-order valence-corrected chi connectivity index (χ3v) is 6.07. The zero-order chi connectivity index (χ0) is 20.9. The van der Waals surface area contributed by atoms with Gasteiger partial charge in [-0.2, -0.15) is 5.10 Å². The molecule has 152 valence electrons. The maximum atomic E-state index is 12.3. The third-order valence-electron chi connectivity index (χ3n) is 5.08. The van der Waals surface area contributed by atoms with Crippen molar-refractivity contribution in [1.82, 2.24) is 19.9 Å². The Labute approximate surface area is 180 Å². The number of nitrogens with one attached hydrogen (secondary N) is 1. The zero-order valence-electron chi connectivity index (χ0n) is 17.1. The minimum absolute atomic E-state index is 0.00799. The van der Waals surface area contributed by atoms with E-state index in [0.717, 1.165) is 28.2 Å². The van der Waals surface area contributed by atoms with Crippen LogP contribution in [-0.2, 0) is 11.2 Å². The minimum atomic E-state index is 0.00799. The summed E-state index contributed by atoms with van der Waals surface area (Å²) in [5, 5.41) is 8.47. The molecule has 0 spiro atoms. The van der Waals surface area contributed by atoms with Crippen molar-refractivity contribution in [3.05, 3.63) is 83.7 Å². The monoisotopic (exact) mass is 416 g/mol. The molecular weight excluding hydrogens is 392 g/mol. The Morgan fingerprint density at radius 3 is 2.70 bits per heavy atom. The number of benzene rings is 2. The molecule has 2 aromatic heterocycles. The average molecular weight is 417 g/mol. The number of nitrogens with zero attached hydrogens (tertiary/aromatic N) is 3. The van der Waals surface area contributed by atoms with E-state index in [1.54, 1.807) is 6.20 Å². The highest BCUT2D eigenvalue weighted by atomic mass is 32.2. The van der Waals surface area contributed by atoms with Crippen LogP contribution < -0.4 is 5.32 Å². The summed E-state index contributed by atoms with van der Waals surface area (Å²) in [5.41, 5.74) is 6.61.